The average Bonchev–Trinajstić information content (AvgIpc) is 3.95. The van der Waals surface area contributed by atoms with Gasteiger partial charge in [0.25, 0.3) is 0 Å². The molecule has 42 heavy (non-hydrogen) atoms. The Labute approximate surface area is 248 Å². The van der Waals surface area contributed by atoms with E-state index >= 15 is 0 Å². The molecule has 4 aromatic carbocycles. The third-order valence-corrected chi connectivity index (χ3v) is 9.78. The first kappa shape index (κ1) is 25.2. The third-order valence-electron chi connectivity index (χ3n) is 9.78. The number of nitrogens with zero attached hydrogens (tertiary/aromatic N) is 2. The van der Waals surface area contributed by atoms with Crippen molar-refractivity contribution in [1.82, 2.24) is 4.57 Å². The molecule has 2 saturated carbocycles. The van der Waals surface area contributed by atoms with E-state index in [0.29, 0.717) is 0 Å². The van der Waals surface area contributed by atoms with Crippen molar-refractivity contribution < 1.29 is 0 Å². The summed E-state index contributed by atoms with van der Waals surface area (Å²) in [7, 11) is 0. The Hall–Kier alpha value is -4.56. The molecule has 5 aromatic rings. The highest BCUT2D eigenvalue weighted by Gasteiger charge is 2.75. The molecule has 0 N–H and O–H groups in total. The van der Waals surface area contributed by atoms with Gasteiger partial charge in [-0.05, 0) is 60.7 Å². The molecule has 2 nitrogen and oxygen atoms in total. The van der Waals surface area contributed by atoms with Crippen LogP contribution in [0.5, 0.6) is 0 Å². The molecule has 2 heterocycles. The molecule has 206 valence electrons. The van der Waals surface area contributed by atoms with E-state index in [9.17, 15) is 0 Å². The van der Waals surface area contributed by atoms with Crippen LogP contribution in [0.4, 0.5) is 5.69 Å². The van der Waals surface area contributed by atoms with E-state index in [0.717, 1.165) is 11.8 Å². The van der Waals surface area contributed by atoms with Crippen LogP contribution in [0.1, 0.15) is 32.3 Å². The summed E-state index contributed by atoms with van der Waals surface area (Å²) in [5.74, 6) is 1.55. The molecule has 2 heteroatoms. The van der Waals surface area contributed by atoms with Crippen molar-refractivity contribution in [3.05, 3.63) is 157 Å². The van der Waals surface area contributed by atoms with Crippen LogP contribution in [0, 0.1) is 11.8 Å². The Kier molecular flexibility index (Phi) is 5.69. The molecule has 4 aliphatic carbocycles. The lowest BCUT2D eigenvalue weighted by atomic mass is 9.90. The van der Waals surface area contributed by atoms with Crippen LogP contribution in [-0.2, 0) is 5.41 Å². The van der Waals surface area contributed by atoms with Crippen LogP contribution >= 0.6 is 0 Å². The first-order valence-corrected chi connectivity index (χ1v) is 15.5. The van der Waals surface area contributed by atoms with Crippen LogP contribution in [0.25, 0.3) is 27.5 Å². The van der Waals surface area contributed by atoms with E-state index in [-0.39, 0.29) is 11.0 Å². The molecule has 0 amide bonds. The zero-order valence-corrected chi connectivity index (χ0v) is 24.3. The smallest absolute Gasteiger partial charge is 0.0779 e. The van der Waals surface area contributed by atoms with E-state index in [1.807, 2.05) is 13.8 Å². The van der Waals surface area contributed by atoms with Crippen LogP contribution in [0.2, 0.25) is 0 Å². The Bertz CT molecular complexity index is 1880. The van der Waals surface area contributed by atoms with Gasteiger partial charge in [0.2, 0.25) is 0 Å². The van der Waals surface area contributed by atoms with Crippen LogP contribution in [0.3, 0.4) is 0 Å². The molecule has 1 aromatic heterocycles. The van der Waals surface area contributed by atoms with Gasteiger partial charge in [0, 0.05) is 39.2 Å². The number of fused-ring (bicyclic) bond motifs is 5. The van der Waals surface area contributed by atoms with Crippen molar-refractivity contribution in [3.8, 4) is 5.69 Å². The van der Waals surface area contributed by atoms with Gasteiger partial charge in [-0.2, -0.15) is 0 Å². The summed E-state index contributed by atoms with van der Waals surface area (Å²) in [5.41, 5.74) is 8.67. The fraction of sp³-hybridized carbons (Fsp3) is 0.200. The number of aromatic nitrogens is 1. The largest absolute Gasteiger partial charge is 0.334 e. The van der Waals surface area contributed by atoms with Crippen molar-refractivity contribution in [2.75, 3.05) is 4.90 Å². The lowest BCUT2D eigenvalue weighted by Crippen LogP contribution is -2.37. The lowest BCUT2D eigenvalue weighted by molar-refractivity contribution is 0.681. The third kappa shape index (κ3) is 3.45. The van der Waals surface area contributed by atoms with Gasteiger partial charge in [-0.25, -0.2) is 0 Å². The molecule has 0 bridgehead atoms. The molecule has 4 atom stereocenters. The first-order chi connectivity index (χ1) is 20.8. The Morgan fingerprint density at radius 1 is 0.667 bits per heavy atom. The Morgan fingerprint density at radius 3 is 2.07 bits per heavy atom. The van der Waals surface area contributed by atoms with E-state index in [1.54, 1.807) is 5.70 Å². The predicted octanol–water partition coefficient (Wildman–Crippen LogP) is 9.91. The molecule has 0 saturated heterocycles. The quantitative estimate of drug-likeness (QED) is 0.215. The van der Waals surface area contributed by atoms with Gasteiger partial charge < -0.3 is 9.47 Å². The summed E-state index contributed by atoms with van der Waals surface area (Å²) in [6, 6.07) is 36.7. The minimum Gasteiger partial charge on any atom is -0.334 e. The van der Waals surface area contributed by atoms with E-state index in [1.165, 1.54) is 51.6 Å². The summed E-state index contributed by atoms with van der Waals surface area (Å²) in [4.78, 5) is 2.68. The second-order valence-corrected chi connectivity index (χ2v) is 11.8. The van der Waals surface area contributed by atoms with Gasteiger partial charge in [-0.1, -0.05) is 123 Å². The fourth-order valence-corrected chi connectivity index (χ4v) is 7.83. The zero-order valence-electron chi connectivity index (χ0n) is 24.3. The predicted molar refractivity (Wildman–Crippen MR) is 177 cm³/mol. The van der Waals surface area contributed by atoms with Crippen LogP contribution in [-0.4, -0.2) is 10.1 Å². The summed E-state index contributed by atoms with van der Waals surface area (Å²) >= 11 is 0. The highest BCUT2D eigenvalue weighted by Crippen LogP contribution is 2.73. The molecule has 5 aliphatic rings. The maximum atomic E-state index is 2.68. The van der Waals surface area contributed by atoms with Crippen molar-refractivity contribution in [2.45, 2.75) is 37.6 Å². The monoisotopic (exact) mass is 544 g/mol. The normalized spacial score (nSPS) is 26.6. The summed E-state index contributed by atoms with van der Waals surface area (Å²) in [6.07, 6.45) is 19.0. The molecule has 4 unspecified atom stereocenters. The molecular formula is C40H36N2. The standard InChI is InChI=1S/C20H17N.C18H13N.C2H6/c1-2-8-18-16(7-1)19-10-3-4-11-20(19,13-19)21(18)17-9-5-6-14-12-15(14)17;1-2-8-14(9-3-1)19-17-12-6-4-10-15(17)16-11-5-7-13-18(16)19;1-2/h1-11,14-15H,12-13H2;1-13H;1-2H3. The second-order valence-electron chi connectivity index (χ2n) is 11.8. The second kappa shape index (κ2) is 9.49. The van der Waals surface area contributed by atoms with Gasteiger partial charge >= 0.3 is 0 Å². The van der Waals surface area contributed by atoms with Crippen molar-refractivity contribution >= 4 is 27.5 Å². The topological polar surface area (TPSA) is 8.17 Å². The lowest BCUT2D eigenvalue weighted by Gasteiger charge is -2.33. The minimum absolute atomic E-state index is 0.190. The fourth-order valence-electron chi connectivity index (χ4n) is 7.83. The van der Waals surface area contributed by atoms with Crippen molar-refractivity contribution in [1.29, 1.82) is 0 Å². The summed E-state index contributed by atoms with van der Waals surface area (Å²) < 4.78 is 2.32. The van der Waals surface area contributed by atoms with Crippen molar-refractivity contribution in [2.24, 2.45) is 11.8 Å². The molecule has 2 fully saturated rings. The summed E-state index contributed by atoms with van der Waals surface area (Å²) in [5, 5.41) is 2.61. The maximum absolute atomic E-state index is 2.68. The Balaban J connectivity index is 0.000000121. The number of para-hydroxylation sites is 4. The zero-order chi connectivity index (χ0) is 28.3. The van der Waals surface area contributed by atoms with Gasteiger partial charge in [0.15, 0.2) is 0 Å². The Morgan fingerprint density at radius 2 is 1.31 bits per heavy atom. The van der Waals surface area contributed by atoms with Crippen LogP contribution < -0.4 is 4.90 Å². The molecule has 1 aliphatic heterocycles. The SMILES string of the molecule is C1=CC2CC2C(N2c3ccccc3C34C=CC=CC23C4)=C1.CC.c1ccc(-n2c3ccccc3c3ccccc32)cc1. The maximum Gasteiger partial charge on any atom is 0.0779 e. The highest BCUT2D eigenvalue weighted by molar-refractivity contribution is 6.09. The van der Waals surface area contributed by atoms with Gasteiger partial charge in [0.1, 0.15) is 0 Å². The van der Waals surface area contributed by atoms with Crippen molar-refractivity contribution in [3.63, 3.8) is 0 Å². The van der Waals surface area contributed by atoms with Gasteiger partial charge in [-0.15, -0.1) is 0 Å². The van der Waals surface area contributed by atoms with E-state index < -0.39 is 0 Å². The van der Waals surface area contributed by atoms with Gasteiger partial charge in [-0.3, -0.25) is 0 Å². The highest BCUT2D eigenvalue weighted by atomic mass is 15.3. The van der Waals surface area contributed by atoms with Gasteiger partial charge in [0.05, 0.1) is 16.6 Å². The number of benzene rings is 4. The average molecular weight is 545 g/mol. The number of rotatable bonds is 2. The van der Waals surface area contributed by atoms with E-state index in [4.69, 9.17) is 0 Å². The number of anilines is 1. The molecular weight excluding hydrogens is 508 g/mol. The summed E-state index contributed by atoms with van der Waals surface area (Å²) in [6.45, 7) is 4.00. The minimum atomic E-state index is 0.190. The van der Waals surface area contributed by atoms with Crippen LogP contribution in [0.15, 0.2) is 151 Å². The molecule has 0 radical (unpaired) electrons. The molecule has 10 rings (SSSR count). The van der Waals surface area contributed by atoms with E-state index in [2.05, 4.69) is 155 Å². The number of allylic oxidation sites excluding steroid dienone is 6. The first-order valence-electron chi connectivity index (χ1n) is 15.5. The molecule has 0 spiro atoms. The number of hydrogen-bond acceptors (Lipinski definition) is 1. The number of hydrogen-bond donors (Lipinski definition) is 0.